The smallest absolute Gasteiger partial charge is 0.213 e. The van der Waals surface area contributed by atoms with Crippen molar-refractivity contribution in [2.75, 3.05) is 11.9 Å². The highest BCUT2D eigenvalue weighted by Gasteiger charge is 2.07. The van der Waals surface area contributed by atoms with Crippen molar-refractivity contribution in [3.63, 3.8) is 0 Å². The largest absolute Gasteiger partial charge is 0.368 e. The van der Waals surface area contributed by atoms with E-state index < -0.39 is 0 Å². The molecule has 1 N–H and O–H groups in total. The quantitative estimate of drug-likeness (QED) is 0.774. The summed E-state index contributed by atoms with van der Waals surface area (Å²) in [6.45, 7) is 2.76. The highest BCUT2D eigenvalue weighted by molar-refractivity contribution is 7.18. The maximum atomic E-state index is 4.68. The molecule has 0 aliphatic rings. The third kappa shape index (κ3) is 2.04. The van der Waals surface area contributed by atoms with Gasteiger partial charge in [-0.15, -0.1) is 11.3 Å². The average molecular weight is 261 g/mol. The molecule has 6 nitrogen and oxygen atoms in total. The fourth-order valence-electron chi connectivity index (χ4n) is 1.69. The third-order valence-electron chi connectivity index (χ3n) is 2.58. The third-order valence-corrected chi connectivity index (χ3v) is 3.67. The molecule has 92 valence electrons. The first-order valence-corrected chi connectivity index (χ1v) is 6.40. The van der Waals surface area contributed by atoms with E-state index in [1.54, 1.807) is 17.7 Å². The van der Waals surface area contributed by atoms with Crippen molar-refractivity contribution in [3.05, 3.63) is 29.5 Å². The Morgan fingerprint density at radius 3 is 3.11 bits per heavy atom. The molecule has 18 heavy (non-hydrogen) atoms. The minimum atomic E-state index is 0.690. The lowest BCUT2D eigenvalue weighted by Crippen LogP contribution is -2.07. The Hall–Kier alpha value is -2.02. The van der Waals surface area contributed by atoms with Gasteiger partial charge in [0.05, 0.1) is 10.2 Å². The standard InChI is InChI=1S/C11H11N5OS/c1-7-4-18-10-9(7)13-5-14-11(10)12-3-2-8-15-6-17-16-8/h4-6H,2-3H2,1H3,(H,12,13,14). The van der Waals surface area contributed by atoms with Gasteiger partial charge in [-0.2, -0.15) is 4.98 Å². The molecular weight excluding hydrogens is 250 g/mol. The summed E-state index contributed by atoms with van der Waals surface area (Å²) in [5.74, 6) is 1.55. The fourth-order valence-corrected chi connectivity index (χ4v) is 2.66. The van der Waals surface area contributed by atoms with Gasteiger partial charge in [0.15, 0.2) is 5.82 Å². The lowest BCUT2D eigenvalue weighted by atomic mass is 10.3. The van der Waals surface area contributed by atoms with E-state index in [-0.39, 0.29) is 0 Å². The molecular formula is C11H11N5OS. The summed E-state index contributed by atoms with van der Waals surface area (Å²) < 4.78 is 5.76. The van der Waals surface area contributed by atoms with Gasteiger partial charge in [-0.25, -0.2) is 9.97 Å². The van der Waals surface area contributed by atoms with Crippen molar-refractivity contribution in [1.82, 2.24) is 20.1 Å². The van der Waals surface area contributed by atoms with Crippen LogP contribution in [0.4, 0.5) is 5.82 Å². The van der Waals surface area contributed by atoms with Crippen LogP contribution in [0.25, 0.3) is 10.2 Å². The summed E-state index contributed by atoms with van der Waals surface area (Å²) in [5, 5.41) is 9.12. The molecule has 0 unspecified atom stereocenters. The van der Waals surface area contributed by atoms with Crippen LogP contribution in [0, 0.1) is 6.92 Å². The maximum Gasteiger partial charge on any atom is 0.213 e. The van der Waals surface area contributed by atoms with Gasteiger partial charge in [0.2, 0.25) is 6.39 Å². The molecule has 3 aromatic rings. The Morgan fingerprint density at radius 2 is 2.28 bits per heavy atom. The Bertz CT molecular complexity index is 649. The van der Waals surface area contributed by atoms with Gasteiger partial charge >= 0.3 is 0 Å². The van der Waals surface area contributed by atoms with Crippen LogP contribution in [0.1, 0.15) is 11.4 Å². The SMILES string of the molecule is Cc1csc2c(NCCc3ncon3)ncnc12. The Labute approximate surface area is 107 Å². The number of nitrogens with one attached hydrogen (secondary N) is 1. The highest BCUT2D eigenvalue weighted by atomic mass is 32.1. The van der Waals surface area contributed by atoms with Crippen LogP contribution < -0.4 is 5.32 Å². The van der Waals surface area contributed by atoms with Crippen LogP contribution in [0.5, 0.6) is 0 Å². The van der Waals surface area contributed by atoms with Gasteiger partial charge in [0.25, 0.3) is 0 Å². The number of anilines is 1. The van der Waals surface area contributed by atoms with Crippen molar-refractivity contribution >= 4 is 27.4 Å². The molecule has 0 radical (unpaired) electrons. The summed E-state index contributed by atoms with van der Waals surface area (Å²) in [6, 6.07) is 0. The molecule has 0 aromatic carbocycles. The highest BCUT2D eigenvalue weighted by Crippen LogP contribution is 2.28. The molecule has 3 rings (SSSR count). The van der Waals surface area contributed by atoms with E-state index in [9.17, 15) is 0 Å². The summed E-state index contributed by atoms with van der Waals surface area (Å²) in [5.41, 5.74) is 2.19. The Balaban J connectivity index is 1.74. The minimum Gasteiger partial charge on any atom is -0.368 e. The van der Waals surface area contributed by atoms with Crippen molar-refractivity contribution in [2.45, 2.75) is 13.3 Å². The number of rotatable bonds is 4. The van der Waals surface area contributed by atoms with Crippen LogP contribution in [-0.4, -0.2) is 26.7 Å². The van der Waals surface area contributed by atoms with Gasteiger partial charge in [0.1, 0.15) is 12.1 Å². The van der Waals surface area contributed by atoms with Crippen LogP contribution >= 0.6 is 11.3 Å². The Kier molecular flexibility index (Phi) is 2.89. The molecule has 0 saturated carbocycles. The predicted molar refractivity (Wildman–Crippen MR) is 68.6 cm³/mol. The normalized spacial score (nSPS) is 10.9. The molecule has 0 fully saturated rings. The monoisotopic (exact) mass is 261 g/mol. The number of hydrogen-bond donors (Lipinski definition) is 1. The van der Waals surface area contributed by atoms with Gasteiger partial charge in [0, 0.05) is 13.0 Å². The molecule has 0 aliphatic carbocycles. The zero-order chi connectivity index (χ0) is 12.4. The van der Waals surface area contributed by atoms with Crippen LogP contribution in [0.2, 0.25) is 0 Å². The molecule has 0 bridgehead atoms. The van der Waals surface area contributed by atoms with E-state index in [1.807, 2.05) is 0 Å². The van der Waals surface area contributed by atoms with Crippen LogP contribution in [-0.2, 0) is 6.42 Å². The molecule has 3 aromatic heterocycles. The zero-order valence-corrected chi connectivity index (χ0v) is 10.6. The number of aromatic nitrogens is 4. The molecule has 3 heterocycles. The van der Waals surface area contributed by atoms with E-state index in [2.05, 4.69) is 42.3 Å². The van der Waals surface area contributed by atoms with Crippen LogP contribution in [0.15, 0.2) is 22.6 Å². The second-order valence-corrected chi connectivity index (χ2v) is 4.72. The zero-order valence-electron chi connectivity index (χ0n) is 9.75. The van der Waals surface area contributed by atoms with E-state index in [0.29, 0.717) is 18.8 Å². The van der Waals surface area contributed by atoms with E-state index in [1.165, 1.54) is 12.0 Å². The number of fused-ring (bicyclic) bond motifs is 1. The first-order valence-electron chi connectivity index (χ1n) is 5.52. The summed E-state index contributed by atoms with van der Waals surface area (Å²) in [7, 11) is 0. The molecule has 0 amide bonds. The van der Waals surface area contributed by atoms with Gasteiger partial charge in [-0.3, -0.25) is 0 Å². The number of hydrogen-bond acceptors (Lipinski definition) is 7. The molecule has 0 saturated heterocycles. The summed E-state index contributed by atoms with van der Waals surface area (Å²) >= 11 is 1.65. The second kappa shape index (κ2) is 4.69. The lowest BCUT2D eigenvalue weighted by Gasteiger charge is -2.04. The second-order valence-electron chi connectivity index (χ2n) is 3.84. The van der Waals surface area contributed by atoms with Crippen molar-refractivity contribution < 1.29 is 4.52 Å². The van der Waals surface area contributed by atoms with Crippen molar-refractivity contribution in [1.29, 1.82) is 0 Å². The van der Waals surface area contributed by atoms with E-state index in [0.717, 1.165) is 16.0 Å². The van der Waals surface area contributed by atoms with Crippen molar-refractivity contribution in [2.24, 2.45) is 0 Å². The van der Waals surface area contributed by atoms with Gasteiger partial charge in [-0.1, -0.05) is 5.16 Å². The van der Waals surface area contributed by atoms with E-state index >= 15 is 0 Å². The topological polar surface area (TPSA) is 76.7 Å². The maximum absolute atomic E-state index is 4.68. The summed E-state index contributed by atoms with van der Waals surface area (Å²) in [4.78, 5) is 12.5. The van der Waals surface area contributed by atoms with Gasteiger partial charge < -0.3 is 9.84 Å². The molecule has 0 aliphatic heterocycles. The summed E-state index contributed by atoms with van der Waals surface area (Å²) in [6.07, 6.45) is 3.62. The van der Waals surface area contributed by atoms with Gasteiger partial charge in [-0.05, 0) is 17.9 Å². The number of thiophene rings is 1. The number of aryl methyl sites for hydroxylation is 1. The minimum absolute atomic E-state index is 0.690. The van der Waals surface area contributed by atoms with Crippen molar-refractivity contribution in [3.8, 4) is 0 Å². The Morgan fingerprint density at radius 1 is 1.33 bits per heavy atom. The average Bonchev–Trinajstić information content (AvgIpc) is 3.01. The molecule has 7 heteroatoms. The lowest BCUT2D eigenvalue weighted by molar-refractivity contribution is 0.410. The number of nitrogens with zero attached hydrogens (tertiary/aromatic N) is 4. The first-order chi connectivity index (χ1) is 8.84. The van der Waals surface area contributed by atoms with Crippen LogP contribution in [0.3, 0.4) is 0 Å². The van der Waals surface area contributed by atoms with E-state index in [4.69, 9.17) is 0 Å². The predicted octanol–water partition coefficient (Wildman–Crippen LogP) is 2.04. The molecule has 0 atom stereocenters. The molecule has 0 spiro atoms. The fraction of sp³-hybridized carbons (Fsp3) is 0.273. The first kappa shape index (κ1) is 11.1.